The molecule has 2 N–H and O–H groups in total. The van der Waals surface area contributed by atoms with Gasteiger partial charge in [0.1, 0.15) is 0 Å². The van der Waals surface area contributed by atoms with Crippen LogP contribution in [0.3, 0.4) is 0 Å². The standard InChI is InChI=1S/C15H23NO/c1-17-15(10-11-15)9-8-14-6-4-13(5-7-14)3-2-12-16/h4-7H,2-3,8-12,16H2,1H3. The number of hydrogen-bond acceptors (Lipinski definition) is 2. The minimum absolute atomic E-state index is 0.220. The van der Waals surface area contributed by atoms with Crippen molar-refractivity contribution in [1.29, 1.82) is 0 Å². The third kappa shape index (κ3) is 3.55. The van der Waals surface area contributed by atoms with E-state index < -0.39 is 0 Å². The van der Waals surface area contributed by atoms with Gasteiger partial charge in [-0.25, -0.2) is 0 Å². The first-order chi connectivity index (χ1) is 8.28. The Balaban J connectivity index is 1.81. The first-order valence-electron chi connectivity index (χ1n) is 6.61. The van der Waals surface area contributed by atoms with Crippen molar-refractivity contribution in [3.05, 3.63) is 35.4 Å². The predicted molar refractivity (Wildman–Crippen MR) is 71.1 cm³/mol. The van der Waals surface area contributed by atoms with Crippen LogP contribution in [0.4, 0.5) is 0 Å². The van der Waals surface area contributed by atoms with Gasteiger partial charge < -0.3 is 10.5 Å². The highest BCUT2D eigenvalue weighted by Gasteiger charge is 2.42. The zero-order chi connectivity index (χ0) is 12.1. The van der Waals surface area contributed by atoms with E-state index in [4.69, 9.17) is 10.5 Å². The molecule has 1 aliphatic rings. The fourth-order valence-electron chi connectivity index (χ4n) is 2.25. The molecule has 0 aliphatic heterocycles. The van der Waals surface area contributed by atoms with Crippen molar-refractivity contribution in [2.24, 2.45) is 5.73 Å². The maximum atomic E-state index is 5.53. The average molecular weight is 233 g/mol. The van der Waals surface area contributed by atoms with Crippen molar-refractivity contribution < 1.29 is 4.74 Å². The van der Waals surface area contributed by atoms with E-state index >= 15 is 0 Å². The lowest BCUT2D eigenvalue weighted by atomic mass is 10.0. The molecule has 0 spiro atoms. The molecule has 0 unspecified atom stereocenters. The van der Waals surface area contributed by atoms with Gasteiger partial charge in [0, 0.05) is 7.11 Å². The van der Waals surface area contributed by atoms with Crippen LogP contribution in [-0.2, 0) is 17.6 Å². The molecule has 0 atom stereocenters. The number of rotatable bonds is 7. The molecule has 1 fully saturated rings. The molecule has 0 saturated heterocycles. The van der Waals surface area contributed by atoms with Crippen molar-refractivity contribution in [3.8, 4) is 0 Å². The largest absolute Gasteiger partial charge is 0.378 e. The topological polar surface area (TPSA) is 35.2 Å². The Labute approximate surface area is 104 Å². The van der Waals surface area contributed by atoms with Crippen LogP contribution in [0, 0.1) is 0 Å². The van der Waals surface area contributed by atoms with E-state index in [0.717, 1.165) is 32.2 Å². The van der Waals surface area contributed by atoms with Gasteiger partial charge in [0.25, 0.3) is 0 Å². The van der Waals surface area contributed by atoms with Gasteiger partial charge in [-0.05, 0) is 56.2 Å². The first kappa shape index (κ1) is 12.6. The maximum Gasteiger partial charge on any atom is 0.0684 e. The molecule has 0 radical (unpaired) electrons. The second-order valence-corrected chi connectivity index (χ2v) is 5.10. The van der Waals surface area contributed by atoms with Gasteiger partial charge in [-0.15, -0.1) is 0 Å². The Hall–Kier alpha value is -0.860. The summed E-state index contributed by atoms with van der Waals surface area (Å²) in [5, 5.41) is 0. The highest BCUT2D eigenvalue weighted by atomic mass is 16.5. The van der Waals surface area contributed by atoms with Crippen molar-refractivity contribution in [2.75, 3.05) is 13.7 Å². The van der Waals surface area contributed by atoms with Gasteiger partial charge in [0.15, 0.2) is 0 Å². The van der Waals surface area contributed by atoms with Crippen molar-refractivity contribution in [2.45, 2.75) is 44.1 Å². The molecule has 2 rings (SSSR count). The van der Waals surface area contributed by atoms with Gasteiger partial charge in [-0.1, -0.05) is 24.3 Å². The van der Waals surface area contributed by atoms with E-state index in [0.29, 0.717) is 0 Å². The molecular weight excluding hydrogens is 210 g/mol. The van der Waals surface area contributed by atoms with Crippen LogP contribution in [0.1, 0.15) is 36.8 Å². The molecule has 0 heterocycles. The third-order valence-electron chi connectivity index (χ3n) is 3.80. The molecule has 1 aromatic carbocycles. The lowest BCUT2D eigenvalue weighted by molar-refractivity contribution is 0.0731. The zero-order valence-corrected chi connectivity index (χ0v) is 10.7. The summed E-state index contributed by atoms with van der Waals surface area (Å²) in [7, 11) is 1.84. The minimum Gasteiger partial charge on any atom is -0.378 e. The molecular formula is C15H23NO. The van der Waals surface area contributed by atoms with Gasteiger partial charge in [0.2, 0.25) is 0 Å². The van der Waals surface area contributed by atoms with Crippen LogP contribution in [0.2, 0.25) is 0 Å². The monoisotopic (exact) mass is 233 g/mol. The molecule has 2 heteroatoms. The molecule has 1 aliphatic carbocycles. The molecule has 94 valence electrons. The quantitative estimate of drug-likeness (QED) is 0.786. The molecule has 0 amide bonds. The van der Waals surface area contributed by atoms with Gasteiger partial charge >= 0.3 is 0 Å². The number of hydrogen-bond donors (Lipinski definition) is 1. The van der Waals surface area contributed by atoms with Crippen LogP contribution in [0.25, 0.3) is 0 Å². The van der Waals surface area contributed by atoms with E-state index in [9.17, 15) is 0 Å². The summed E-state index contributed by atoms with van der Waals surface area (Å²) in [5.41, 5.74) is 8.55. The highest BCUT2D eigenvalue weighted by Crippen LogP contribution is 2.42. The summed E-state index contributed by atoms with van der Waals surface area (Å²) < 4.78 is 5.53. The number of aryl methyl sites for hydroxylation is 2. The number of ether oxygens (including phenoxy) is 1. The highest BCUT2D eigenvalue weighted by molar-refractivity contribution is 5.23. The SMILES string of the molecule is COC1(CCc2ccc(CCCN)cc2)CC1. The lowest BCUT2D eigenvalue weighted by Gasteiger charge is -2.12. The van der Waals surface area contributed by atoms with E-state index in [-0.39, 0.29) is 5.60 Å². The average Bonchev–Trinajstić information content (AvgIpc) is 3.16. The summed E-state index contributed by atoms with van der Waals surface area (Å²) in [4.78, 5) is 0. The van der Waals surface area contributed by atoms with Gasteiger partial charge in [-0.2, -0.15) is 0 Å². The number of methoxy groups -OCH3 is 1. The maximum absolute atomic E-state index is 5.53. The fraction of sp³-hybridized carbons (Fsp3) is 0.600. The Morgan fingerprint density at radius 2 is 1.71 bits per heavy atom. The van der Waals surface area contributed by atoms with Crippen molar-refractivity contribution in [1.82, 2.24) is 0 Å². The first-order valence-corrected chi connectivity index (χ1v) is 6.61. The summed E-state index contributed by atoms with van der Waals surface area (Å²) in [6, 6.07) is 8.96. The Morgan fingerprint density at radius 1 is 1.12 bits per heavy atom. The summed E-state index contributed by atoms with van der Waals surface area (Å²) >= 11 is 0. The van der Waals surface area contributed by atoms with E-state index in [2.05, 4.69) is 24.3 Å². The van der Waals surface area contributed by atoms with Crippen molar-refractivity contribution >= 4 is 0 Å². The van der Waals surface area contributed by atoms with Crippen LogP contribution in [-0.4, -0.2) is 19.3 Å². The predicted octanol–water partition coefficient (Wildman–Crippen LogP) is 2.69. The van der Waals surface area contributed by atoms with Gasteiger partial charge in [-0.3, -0.25) is 0 Å². The van der Waals surface area contributed by atoms with E-state index in [1.54, 1.807) is 0 Å². The Morgan fingerprint density at radius 3 is 2.18 bits per heavy atom. The van der Waals surface area contributed by atoms with Crippen LogP contribution in [0.15, 0.2) is 24.3 Å². The van der Waals surface area contributed by atoms with Crippen LogP contribution in [0.5, 0.6) is 0 Å². The fourth-order valence-corrected chi connectivity index (χ4v) is 2.25. The summed E-state index contributed by atoms with van der Waals surface area (Å²) in [6.45, 7) is 0.776. The van der Waals surface area contributed by atoms with Crippen molar-refractivity contribution in [3.63, 3.8) is 0 Å². The Kier molecular flexibility index (Phi) is 4.19. The van der Waals surface area contributed by atoms with Crippen LogP contribution < -0.4 is 5.73 Å². The molecule has 1 aromatic rings. The number of nitrogens with two attached hydrogens (primary N) is 1. The van der Waals surface area contributed by atoms with Gasteiger partial charge in [0.05, 0.1) is 5.60 Å². The normalized spacial score (nSPS) is 17.1. The van der Waals surface area contributed by atoms with Crippen LogP contribution >= 0.6 is 0 Å². The lowest BCUT2D eigenvalue weighted by Crippen LogP contribution is -2.12. The molecule has 1 saturated carbocycles. The second-order valence-electron chi connectivity index (χ2n) is 5.10. The third-order valence-corrected chi connectivity index (χ3v) is 3.80. The molecule has 0 aromatic heterocycles. The van der Waals surface area contributed by atoms with E-state index in [1.165, 1.54) is 24.0 Å². The van der Waals surface area contributed by atoms with E-state index in [1.807, 2.05) is 7.11 Å². The molecule has 17 heavy (non-hydrogen) atoms. The second kappa shape index (κ2) is 5.65. The summed E-state index contributed by atoms with van der Waals surface area (Å²) in [5.74, 6) is 0. The molecule has 2 nitrogen and oxygen atoms in total. The Bertz CT molecular complexity index is 340. The smallest absolute Gasteiger partial charge is 0.0684 e. The molecule has 0 bridgehead atoms. The minimum atomic E-state index is 0.220. The summed E-state index contributed by atoms with van der Waals surface area (Å²) in [6.07, 6.45) is 6.93. The zero-order valence-electron chi connectivity index (χ0n) is 10.7. The number of benzene rings is 1.